The highest BCUT2D eigenvalue weighted by Crippen LogP contribution is 2.38. The first-order chi connectivity index (χ1) is 16.5. The van der Waals surface area contributed by atoms with Crippen molar-refractivity contribution in [1.29, 1.82) is 0 Å². The second-order valence-corrected chi connectivity index (χ2v) is 8.66. The number of halogens is 1. The molecule has 0 saturated heterocycles. The van der Waals surface area contributed by atoms with E-state index in [0.29, 0.717) is 12.1 Å². The number of phenolic OH excluding ortho intramolecular Hbond substituents is 2. The van der Waals surface area contributed by atoms with Gasteiger partial charge in [0.05, 0.1) is 17.3 Å². The molecule has 1 aliphatic carbocycles. The van der Waals surface area contributed by atoms with Crippen LogP contribution in [0.5, 0.6) is 11.5 Å². The Hall–Kier alpha value is -2.97. The van der Waals surface area contributed by atoms with E-state index in [1.165, 1.54) is 12.5 Å². The van der Waals surface area contributed by atoms with Gasteiger partial charge >= 0.3 is 5.97 Å². The quantitative estimate of drug-likeness (QED) is 0.272. The predicted octanol–water partition coefficient (Wildman–Crippen LogP) is 4.52. The molecule has 1 heterocycles. The van der Waals surface area contributed by atoms with E-state index in [2.05, 4.69) is 10.8 Å². The van der Waals surface area contributed by atoms with Gasteiger partial charge in [-0.25, -0.2) is 4.79 Å². The minimum atomic E-state index is -0.771. The van der Waals surface area contributed by atoms with Crippen LogP contribution in [0.1, 0.15) is 67.3 Å². The number of hydrogen-bond donors (Lipinski definition) is 4. The van der Waals surface area contributed by atoms with E-state index in [1.54, 1.807) is 6.08 Å². The number of cyclic esters (lactones) is 1. The molecule has 0 aromatic heterocycles. The first-order valence-electron chi connectivity index (χ1n) is 11.6. The molecule has 2 aliphatic rings. The number of benzene rings is 1. The van der Waals surface area contributed by atoms with Crippen molar-refractivity contribution >= 4 is 29.6 Å². The van der Waals surface area contributed by atoms with Gasteiger partial charge in [0.1, 0.15) is 17.1 Å². The Labute approximate surface area is 204 Å². The van der Waals surface area contributed by atoms with Gasteiger partial charge in [0, 0.05) is 17.7 Å². The minimum absolute atomic E-state index is 0.0687. The summed E-state index contributed by atoms with van der Waals surface area (Å²) in [5.41, 5.74) is 2.98. The van der Waals surface area contributed by atoms with E-state index >= 15 is 0 Å². The zero-order valence-corrected chi connectivity index (χ0v) is 19.8. The average Bonchev–Trinajstić information content (AvgIpc) is 2.81. The van der Waals surface area contributed by atoms with Crippen LogP contribution in [-0.2, 0) is 14.4 Å². The lowest BCUT2D eigenvalue weighted by atomic mass is 9.95. The number of esters is 1. The number of amides is 1. The highest BCUT2D eigenvalue weighted by molar-refractivity contribution is 6.34. The summed E-state index contributed by atoms with van der Waals surface area (Å²) in [6.45, 7) is -0.0745. The van der Waals surface area contributed by atoms with Crippen LogP contribution < -0.4 is 10.8 Å². The molecule has 34 heavy (non-hydrogen) atoms. The van der Waals surface area contributed by atoms with Gasteiger partial charge < -0.3 is 20.3 Å². The zero-order valence-electron chi connectivity index (χ0n) is 19.0. The van der Waals surface area contributed by atoms with Crippen molar-refractivity contribution < 1.29 is 29.4 Å². The van der Waals surface area contributed by atoms with E-state index < -0.39 is 11.7 Å². The molecule has 0 radical (unpaired) electrons. The maximum Gasteiger partial charge on any atom is 0.342 e. The number of rotatable bonds is 5. The number of hydrogen-bond acceptors (Lipinski definition) is 7. The number of aromatic hydroxyl groups is 2. The maximum atomic E-state index is 12.7. The molecule has 1 aliphatic heterocycles. The Morgan fingerprint density at radius 1 is 1.09 bits per heavy atom. The fourth-order valence-corrected chi connectivity index (χ4v) is 4.10. The van der Waals surface area contributed by atoms with Crippen LogP contribution >= 0.6 is 11.6 Å². The summed E-state index contributed by atoms with van der Waals surface area (Å²) in [6.07, 6.45) is 16.4. The fraction of sp³-hybridized carbons (Fsp3) is 0.440. The normalized spacial score (nSPS) is 19.3. The van der Waals surface area contributed by atoms with Gasteiger partial charge in [0.2, 0.25) is 5.91 Å². The van der Waals surface area contributed by atoms with Gasteiger partial charge in [-0.1, -0.05) is 49.1 Å². The van der Waals surface area contributed by atoms with Crippen LogP contribution in [0, 0.1) is 0 Å². The van der Waals surface area contributed by atoms with Crippen molar-refractivity contribution in [2.75, 3.05) is 13.2 Å². The second-order valence-electron chi connectivity index (χ2n) is 8.29. The number of carbonyl (C=O) groups is 2. The summed E-state index contributed by atoms with van der Waals surface area (Å²) < 4.78 is 5.27. The third-order valence-electron chi connectivity index (χ3n) is 5.61. The first kappa shape index (κ1) is 25.6. The predicted molar refractivity (Wildman–Crippen MR) is 129 cm³/mol. The highest BCUT2D eigenvalue weighted by Gasteiger charge is 2.23. The standard InChI is InChI=1S/C25H31ClN2O6/c26-24-19-14-18(28-34-16-22(31)27-17-10-7-5-8-11-17)12-6-3-1-2-4-9-13-33-25(32)23(19)20(29)15-21(24)30/h2,4,6,12,14-15,17,28-30H,1,3,5,7-11,13,16H2,(H,27,31)/b4-2?,12-6?,18-14-. The number of allylic oxidation sites excluding steroid dienone is 3. The van der Waals surface area contributed by atoms with Crippen LogP contribution in [0.3, 0.4) is 0 Å². The summed E-state index contributed by atoms with van der Waals surface area (Å²) >= 11 is 6.28. The lowest BCUT2D eigenvalue weighted by Crippen LogP contribution is -2.39. The van der Waals surface area contributed by atoms with Gasteiger partial charge in [0.25, 0.3) is 0 Å². The van der Waals surface area contributed by atoms with Crippen LogP contribution in [0.25, 0.3) is 6.08 Å². The van der Waals surface area contributed by atoms with E-state index in [4.69, 9.17) is 21.2 Å². The van der Waals surface area contributed by atoms with E-state index in [-0.39, 0.29) is 47.1 Å². The van der Waals surface area contributed by atoms with Crippen LogP contribution in [0.2, 0.25) is 5.02 Å². The summed E-state index contributed by atoms with van der Waals surface area (Å²) in [4.78, 5) is 30.3. The molecule has 184 valence electrons. The molecule has 0 atom stereocenters. The Morgan fingerprint density at radius 3 is 2.62 bits per heavy atom. The lowest BCUT2D eigenvalue weighted by molar-refractivity contribution is -0.128. The van der Waals surface area contributed by atoms with Crippen LogP contribution in [0.15, 0.2) is 36.1 Å². The van der Waals surface area contributed by atoms with Crippen molar-refractivity contribution in [1.82, 2.24) is 10.8 Å². The first-order valence-corrected chi connectivity index (χ1v) is 12.0. The third-order valence-corrected chi connectivity index (χ3v) is 6.01. The molecule has 1 aromatic rings. The monoisotopic (exact) mass is 490 g/mol. The fourth-order valence-electron chi connectivity index (χ4n) is 3.90. The molecule has 3 rings (SSSR count). The molecule has 0 spiro atoms. The molecular weight excluding hydrogens is 460 g/mol. The van der Waals surface area contributed by atoms with E-state index in [9.17, 15) is 19.8 Å². The number of fused-ring (bicyclic) bond motifs is 1. The molecule has 0 unspecified atom stereocenters. The molecule has 8 nitrogen and oxygen atoms in total. The number of phenols is 2. The number of hydroxylamine groups is 1. The Kier molecular flexibility index (Phi) is 9.85. The summed E-state index contributed by atoms with van der Waals surface area (Å²) in [7, 11) is 0. The zero-order chi connectivity index (χ0) is 24.3. The Morgan fingerprint density at radius 2 is 1.82 bits per heavy atom. The topological polar surface area (TPSA) is 117 Å². The van der Waals surface area contributed by atoms with Crippen molar-refractivity contribution in [2.45, 2.75) is 57.4 Å². The van der Waals surface area contributed by atoms with Crippen LogP contribution in [0.4, 0.5) is 0 Å². The molecule has 1 amide bonds. The molecule has 0 bridgehead atoms. The van der Waals surface area contributed by atoms with Crippen LogP contribution in [-0.4, -0.2) is 41.3 Å². The summed E-state index contributed by atoms with van der Waals surface area (Å²) in [6, 6.07) is 1.17. The van der Waals surface area contributed by atoms with Crippen molar-refractivity contribution in [3.63, 3.8) is 0 Å². The molecule has 4 N–H and O–H groups in total. The Balaban J connectivity index is 1.80. The van der Waals surface area contributed by atoms with Gasteiger partial charge in [-0.3, -0.25) is 15.1 Å². The SMILES string of the molecule is O=C(CON/C1=C\c2c(Cl)c(O)cc(O)c2C(=O)OCCC=CCCC=C1)NC1CCCCC1. The maximum absolute atomic E-state index is 12.7. The van der Waals surface area contributed by atoms with Crippen molar-refractivity contribution in [3.8, 4) is 11.5 Å². The summed E-state index contributed by atoms with van der Waals surface area (Å²) in [5.74, 6) is -1.85. The summed E-state index contributed by atoms with van der Waals surface area (Å²) in [5, 5.41) is 23.3. The minimum Gasteiger partial charge on any atom is -0.507 e. The van der Waals surface area contributed by atoms with E-state index in [1.807, 2.05) is 18.2 Å². The largest absolute Gasteiger partial charge is 0.507 e. The Bertz CT molecular complexity index is 967. The second kappa shape index (κ2) is 13.1. The smallest absolute Gasteiger partial charge is 0.342 e. The van der Waals surface area contributed by atoms with Crippen molar-refractivity contribution in [3.05, 3.63) is 52.2 Å². The van der Waals surface area contributed by atoms with Gasteiger partial charge in [0.15, 0.2) is 6.61 Å². The van der Waals surface area contributed by atoms with Gasteiger partial charge in [-0.15, -0.1) is 0 Å². The number of nitrogens with one attached hydrogen (secondary N) is 2. The molecule has 1 aromatic carbocycles. The number of ether oxygens (including phenoxy) is 1. The lowest BCUT2D eigenvalue weighted by Gasteiger charge is -2.22. The molecule has 1 saturated carbocycles. The van der Waals surface area contributed by atoms with Gasteiger partial charge in [-0.05, 0) is 44.3 Å². The molecule has 9 heteroatoms. The molecular formula is C25H31ClN2O6. The van der Waals surface area contributed by atoms with Crippen molar-refractivity contribution in [2.24, 2.45) is 0 Å². The average molecular weight is 491 g/mol. The number of carbonyl (C=O) groups excluding carboxylic acids is 2. The van der Waals surface area contributed by atoms with Gasteiger partial charge in [-0.2, -0.15) is 0 Å². The molecule has 1 fully saturated rings. The van der Waals surface area contributed by atoms with E-state index in [0.717, 1.165) is 44.6 Å². The highest BCUT2D eigenvalue weighted by atomic mass is 35.5. The third kappa shape index (κ3) is 7.53.